The number of aromatic nitrogens is 1. The lowest BCUT2D eigenvalue weighted by Gasteiger charge is -2.17. The summed E-state index contributed by atoms with van der Waals surface area (Å²) in [6, 6.07) is 16.0. The second-order valence-corrected chi connectivity index (χ2v) is 8.35. The van der Waals surface area contributed by atoms with Crippen LogP contribution < -0.4 is 10.1 Å². The Hall–Kier alpha value is -3.32. The first-order chi connectivity index (χ1) is 15.5. The maximum absolute atomic E-state index is 13.1. The first-order valence-electron chi connectivity index (χ1n) is 10.2. The molecule has 32 heavy (non-hydrogen) atoms. The molecule has 2 N–H and O–H groups in total. The Bertz CT molecular complexity index is 1060. The monoisotopic (exact) mass is 450 g/mol. The lowest BCUT2D eigenvalue weighted by molar-refractivity contribution is -0.139. The van der Waals surface area contributed by atoms with Gasteiger partial charge in [-0.25, -0.2) is 4.79 Å². The lowest BCUT2D eigenvalue weighted by atomic mass is 9.96. The topological polar surface area (TPSA) is 88.5 Å². The molecule has 6 nitrogen and oxygen atoms in total. The molecule has 0 saturated heterocycles. The second-order valence-electron chi connectivity index (χ2n) is 7.37. The number of carbonyl (C=O) groups is 2. The average molecular weight is 451 g/mol. The number of rotatable bonds is 10. The number of carboxylic acid groups (broad SMARTS) is 1. The zero-order chi connectivity index (χ0) is 22.9. The van der Waals surface area contributed by atoms with Crippen LogP contribution in [0.25, 0.3) is 11.1 Å². The highest BCUT2D eigenvalue weighted by molar-refractivity contribution is 7.98. The van der Waals surface area contributed by atoms with Gasteiger partial charge in [0.2, 0.25) is 0 Å². The highest BCUT2D eigenvalue weighted by Crippen LogP contribution is 2.27. The van der Waals surface area contributed by atoms with Crippen molar-refractivity contribution in [2.45, 2.75) is 26.0 Å². The van der Waals surface area contributed by atoms with Crippen LogP contribution in [0.1, 0.15) is 27.9 Å². The lowest BCUT2D eigenvalue weighted by Crippen LogP contribution is -2.41. The summed E-state index contributed by atoms with van der Waals surface area (Å²) in [7, 11) is 0. The van der Waals surface area contributed by atoms with Crippen LogP contribution in [0.2, 0.25) is 0 Å². The number of benzene rings is 2. The Kier molecular flexibility index (Phi) is 8.27. The highest BCUT2D eigenvalue weighted by Gasteiger charge is 2.22. The van der Waals surface area contributed by atoms with Crippen LogP contribution in [0, 0.1) is 6.92 Å². The molecule has 1 atom stereocenters. The van der Waals surface area contributed by atoms with Crippen LogP contribution in [0.5, 0.6) is 5.75 Å². The molecular weight excluding hydrogens is 424 g/mol. The first-order valence-corrected chi connectivity index (χ1v) is 11.6. The molecule has 1 unspecified atom stereocenters. The van der Waals surface area contributed by atoms with E-state index in [1.165, 1.54) is 0 Å². The summed E-state index contributed by atoms with van der Waals surface area (Å²) in [5.41, 5.74) is 4.02. The van der Waals surface area contributed by atoms with Crippen molar-refractivity contribution in [2.75, 3.05) is 12.0 Å². The quantitative estimate of drug-likeness (QED) is 0.470. The molecule has 166 valence electrons. The molecule has 0 fully saturated rings. The molecule has 0 saturated carbocycles. The molecule has 3 rings (SSSR count). The summed E-state index contributed by atoms with van der Waals surface area (Å²) in [5.74, 6) is -0.143. The number of hydrogen-bond acceptors (Lipinski definition) is 5. The molecule has 0 aliphatic heterocycles. The molecule has 3 aromatic rings. The van der Waals surface area contributed by atoms with Crippen LogP contribution in [0.15, 0.2) is 67.0 Å². The number of thioether (sulfide) groups is 1. The molecule has 0 aliphatic carbocycles. The summed E-state index contributed by atoms with van der Waals surface area (Å²) in [6.45, 7) is 2.32. The van der Waals surface area contributed by atoms with Gasteiger partial charge in [-0.3, -0.25) is 9.78 Å². The van der Waals surface area contributed by atoms with E-state index in [4.69, 9.17) is 4.74 Å². The number of nitrogens with one attached hydrogen (secondary N) is 1. The van der Waals surface area contributed by atoms with Crippen molar-refractivity contribution >= 4 is 23.6 Å². The fourth-order valence-electron chi connectivity index (χ4n) is 3.18. The van der Waals surface area contributed by atoms with Gasteiger partial charge in [0.1, 0.15) is 18.4 Å². The summed E-state index contributed by atoms with van der Waals surface area (Å²) in [5, 5.41) is 12.2. The van der Waals surface area contributed by atoms with Crippen molar-refractivity contribution in [2.24, 2.45) is 0 Å². The van der Waals surface area contributed by atoms with Crippen LogP contribution in [0.3, 0.4) is 0 Å². The third-order valence-electron chi connectivity index (χ3n) is 4.95. The Morgan fingerprint density at radius 3 is 2.59 bits per heavy atom. The molecular formula is C25H26N2O4S. The van der Waals surface area contributed by atoms with E-state index in [9.17, 15) is 14.7 Å². The molecule has 0 radical (unpaired) electrons. The number of ether oxygens (including phenoxy) is 1. The maximum atomic E-state index is 13.1. The van der Waals surface area contributed by atoms with Crippen molar-refractivity contribution < 1.29 is 19.4 Å². The summed E-state index contributed by atoms with van der Waals surface area (Å²) in [4.78, 5) is 28.7. The predicted octanol–water partition coefficient (Wildman–Crippen LogP) is 4.57. The van der Waals surface area contributed by atoms with E-state index in [0.717, 1.165) is 22.3 Å². The first kappa shape index (κ1) is 23.3. The van der Waals surface area contributed by atoms with Gasteiger partial charge in [0.15, 0.2) is 0 Å². The number of aryl methyl sites for hydroxylation is 1. The molecule has 1 aromatic heterocycles. The normalized spacial score (nSPS) is 11.6. The Labute approximate surface area is 192 Å². The minimum atomic E-state index is -1.04. The minimum Gasteiger partial charge on any atom is -0.487 e. The predicted molar refractivity (Wildman–Crippen MR) is 127 cm³/mol. The molecule has 2 aromatic carbocycles. The number of nitrogens with zero attached hydrogens (tertiary/aromatic N) is 1. The van der Waals surface area contributed by atoms with Gasteiger partial charge in [-0.05, 0) is 66.3 Å². The molecule has 0 spiro atoms. The van der Waals surface area contributed by atoms with Gasteiger partial charge in [-0.15, -0.1) is 0 Å². The van der Waals surface area contributed by atoms with E-state index in [0.29, 0.717) is 30.1 Å². The zero-order valence-electron chi connectivity index (χ0n) is 18.1. The minimum absolute atomic E-state index is 0.317. The number of amides is 1. The number of carbonyl (C=O) groups excluding carboxylic acids is 1. The van der Waals surface area contributed by atoms with Gasteiger partial charge in [0.25, 0.3) is 5.91 Å². The molecule has 7 heteroatoms. The Morgan fingerprint density at radius 2 is 1.94 bits per heavy atom. The SMILES string of the molecule is CSCCC(NC(=O)c1ccc(COc2cccnc2)cc1-c1ccc(C)cc1)C(=O)O. The molecule has 0 bridgehead atoms. The number of aliphatic carboxylic acids is 1. The van der Waals surface area contributed by atoms with Crippen molar-refractivity contribution in [3.8, 4) is 16.9 Å². The van der Waals surface area contributed by atoms with E-state index in [1.807, 2.05) is 55.6 Å². The largest absolute Gasteiger partial charge is 0.487 e. The van der Waals surface area contributed by atoms with E-state index in [-0.39, 0.29) is 0 Å². The van der Waals surface area contributed by atoms with Gasteiger partial charge < -0.3 is 15.2 Å². The fraction of sp³-hybridized carbons (Fsp3) is 0.240. The van der Waals surface area contributed by atoms with Crippen LogP contribution in [-0.2, 0) is 11.4 Å². The van der Waals surface area contributed by atoms with Crippen molar-refractivity contribution in [1.82, 2.24) is 10.3 Å². The van der Waals surface area contributed by atoms with E-state index in [2.05, 4.69) is 10.3 Å². The van der Waals surface area contributed by atoms with E-state index < -0.39 is 17.9 Å². The van der Waals surface area contributed by atoms with Gasteiger partial charge in [0.05, 0.1) is 6.20 Å². The van der Waals surface area contributed by atoms with Crippen LogP contribution in [-0.4, -0.2) is 40.0 Å². The summed E-state index contributed by atoms with van der Waals surface area (Å²) < 4.78 is 5.80. The zero-order valence-corrected chi connectivity index (χ0v) is 18.9. The number of hydrogen-bond donors (Lipinski definition) is 2. The van der Waals surface area contributed by atoms with Crippen LogP contribution in [0.4, 0.5) is 0 Å². The number of carboxylic acids is 1. The van der Waals surface area contributed by atoms with Crippen molar-refractivity contribution in [3.05, 3.63) is 83.7 Å². The molecule has 1 amide bonds. The Balaban J connectivity index is 1.89. The molecule has 1 heterocycles. The second kappa shape index (κ2) is 11.3. The third kappa shape index (κ3) is 6.34. The van der Waals surface area contributed by atoms with Gasteiger partial charge >= 0.3 is 5.97 Å². The van der Waals surface area contributed by atoms with Gasteiger partial charge in [0, 0.05) is 11.8 Å². The third-order valence-corrected chi connectivity index (χ3v) is 5.59. The average Bonchev–Trinajstić information content (AvgIpc) is 2.81. The maximum Gasteiger partial charge on any atom is 0.326 e. The van der Waals surface area contributed by atoms with E-state index in [1.54, 1.807) is 36.3 Å². The standard InChI is InChI=1S/C25H26N2O4S/c1-17-5-8-19(9-6-17)22-14-18(16-31-20-4-3-12-26-15-20)7-10-21(22)24(28)27-23(25(29)30)11-13-32-2/h3-10,12,14-15,23H,11,13,16H2,1-2H3,(H,27,28)(H,29,30). The Morgan fingerprint density at radius 1 is 1.16 bits per heavy atom. The van der Waals surface area contributed by atoms with Crippen molar-refractivity contribution in [1.29, 1.82) is 0 Å². The van der Waals surface area contributed by atoms with Gasteiger partial charge in [-0.2, -0.15) is 11.8 Å². The summed E-state index contributed by atoms with van der Waals surface area (Å²) in [6.07, 6.45) is 5.59. The number of pyridine rings is 1. The fourth-order valence-corrected chi connectivity index (χ4v) is 3.65. The molecule has 0 aliphatic rings. The van der Waals surface area contributed by atoms with Gasteiger partial charge in [-0.1, -0.05) is 35.9 Å². The summed E-state index contributed by atoms with van der Waals surface area (Å²) >= 11 is 1.54. The van der Waals surface area contributed by atoms with E-state index >= 15 is 0 Å². The smallest absolute Gasteiger partial charge is 0.326 e. The highest BCUT2D eigenvalue weighted by atomic mass is 32.2. The van der Waals surface area contributed by atoms with Crippen LogP contribution >= 0.6 is 11.8 Å². The van der Waals surface area contributed by atoms with Crippen molar-refractivity contribution in [3.63, 3.8) is 0 Å².